The van der Waals surface area contributed by atoms with Crippen molar-refractivity contribution in [3.8, 4) is 16.8 Å². The number of carbonyl (C=O) groups excluding carboxylic acids is 1. The number of esters is 1. The van der Waals surface area contributed by atoms with Crippen molar-refractivity contribution in [3.63, 3.8) is 0 Å². The van der Waals surface area contributed by atoms with Crippen LogP contribution in [0.15, 0.2) is 73.3 Å². The highest BCUT2D eigenvalue weighted by atomic mass is 35.5. The minimum Gasteiger partial charge on any atom is -0.457 e. The lowest BCUT2D eigenvalue weighted by Gasteiger charge is -2.14. The largest absolute Gasteiger partial charge is 0.457 e. The van der Waals surface area contributed by atoms with Gasteiger partial charge in [-0.3, -0.25) is 0 Å². The molecule has 1 aromatic heterocycles. The summed E-state index contributed by atoms with van der Waals surface area (Å²) < 4.78 is 7.31. The van der Waals surface area contributed by atoms with E-state index in [1.165, 1.54) is 11.9 Å². The van der Waals surface area contributed by atoms with Gasteiger partial charge in [0.15, 0.2) is 0 Å². The van der Waals surface area contributed by atoms with Gasteiger partial charge in [-0.1, -0.05) is 55.8 Å². The van der Waals surface area contributed by atoms with Crippen molar-refractivity contribution in [1.29, 1.82) is 0 Å². The van der Waals surface area contributed by atoms with Gasteiger partial charge in [-0.2, -0.15) is 5.10 Å². The van der Waals surface area contributed by atoms with Gasteiger partial charge in [-0.25, -0.2) is 14.5 Å². The molecule has 33 heavy (non-hydrogen) atoms. The Morgan fingerprint density at radius 2 is 1.88 bits per heavy atom. The third kappa shape index (κ3) is 5.49. The summed E-state index contributed by atoms with van der Waals surface area (Å²) in [5.41, 5.74) is 6.47. The molecule has 0 saturated carbocycles. The Balaban J connectivity index is 1.59. The first-order valence-corrected chi connectivity index (χ1v) is 11.3. The van der Waals surface area contributed by atoms with Gasteiger partial charge in [-0.15, -0.1) is 0 Å². The van der Waals surface area contributed by atoms with Crippen molar-refractivity contribution in [2.45, 2.75) is 33.8 Å². The minimum absolute atomic E-state index is 0.0712. The van der Waals surface area contributed by atoms with Crippen molar-refractivity contribution < 1.29 is 9.53 Å². The van der Waals surface area contributed by atoms with Gasteiger partial charge < -0.3 is 4.74 Å². The highest BCUT2D eigenvalue weighted by molar-refractivity contribution is 6.30. The van der Waals surface area contributed by atoms with Crippen LogP contribution in [0.5, 0.6) is 0 Å². The molecule has 1 heterocycles. The Morgan fingerprint density at radius 3 is 2.64 bits per heavy atom. The third-order valence-corrected chi connectivity index (χ3v) is 5.57. The topological polar surface area (TPSA) is 57.0 Å². The zero-order chi connectivity index (χ0) is 23.4. The van der Waals surface area contributed by atoms with Crippen LogP contribution in [-0.4, -0.2) is 20.7 Å². The van der Waals surface area contributed by atoms with E-state index in [-0.39, 0.29) is 12.6 Å². The molecule has 0 aliphatic rings. The monoisotopic (exact) mass is 459 g/mol. The number of hydrogen-bond acceptors (Lipinski definition) is 4. The molecule has 4 rings (SSSR count). The maximum Gasteiger partial charge on any atom is 0.338 e. The number of ether oxygens (including phenoxy) is 1. The molecule has 168 valence electrons. The fourth-order valence-corrected chi connectivity index (χ4v) is 4.12. The molecule has 0 radical (unpaired) electrons. The van der Waals surface area contributed by atoms with Gasteiger partial charge >= 0.3 is 5.97 Å². The second kappa shape index (κ2) is 10.0. The summed E-state index contributed by atoms with van der Waals surface area (Å²) in [7, 11) is 0. The van der Waals surface area contributed by atoms with Crippen molar-refractivity contribution in [3.05, 3.63) is 101 Å². The molecule has 0 unspecified atom stereocenters. The Kier molecular flexibility index (Phi) is 6.90. The van der Waals surface area contributed by atoms with Crippen molar-refractivity contribution >= 4 is 17.6 Å². The Hall–Kier alpha value is -3.44. The number of carbonyl (C=O) groups is 1. The van der Waals surface area contributed by atoms with E-state index in [4.69, 9.17) is 16.3 Å². The Bertz CT molecular complexity index is 1270. The second-order valence-corrected chi connectivity index (χ2v) is 8.97. The van der Waals surface area contributed by atoms with E-state index in [0.29, 0.717) is 16.5 Å². The van der Waals surface area contributed by atoms with Gasteiger partial charge in [0.05, 0.1) is 11.3 Å². The highest BCUT2D eigenvalue weighted by Crippen LogP contribution is 2.28. The van der Waals surface area contributed by atoms with Crippen LogP contribution in [0.25, 0.3) is 16.8 Å². The van der Waals surface area contributed by atoms with Crippen LogP contribution in [0.1, 0.15) is 40.9 Å². The van der Waals surface area contributed by atoms with Gasteiger partial charge in [0.25, 0.3) is 0 Å². The molecule has 0 bridgehead atoms. The third-order valence-electron chi connectivity index (χ3n) is 5.34. The van der Waals surface area contributed by atoms with E-state index in [2.05, 4.69) is 48.2 Å². The van der Waals surface area contributed by atoms with Crippen LogP contribution in [0, 0.1) is 12.8 Å². The summed E-state index contributed by atoms with van der Waals surface area (Å²) in [6.45, 7) is 6.48. The molecule has 0 amide bonds. The molecular weight excluding hydrogens is 434 g/mol. The van der Waals surface area contributed by atoms with Gasteiger partial charge in [-0.05, 0) is 71.8 Å². The van der Waals surface area contributed by atoms with Gasteiger partial charge in [0, 0.05) is 10.6 Å². The van der Waals surface area contributed by atoms with Crippen molar-refractivity contribution in [2.75, 3.05) is 0 Å². The molecule has 4 aromatic rings. The van der Waals surface area contributed by atoms with Crippen LogP contribution in [0.3, 0.4) is 0 Å². The molecule has 0 spiro atoms. The average molecular weight is 460 g/mol. The van der Waals surface area contributed by atoms with Crippen LogP contribution in [-0.2, 0) is 17.8 Å². The van der Waals surface area contributed by atoms with Crippen LogP contribution >= 0.6 is 11.6 Å². The predicted octanol–water partition coefficient (Wildman–Crippen LogP) is 6.45. The number of halogens is 1. The smallest absolute Gasteiger partial charge is 0.338 e. The summed E-state index contributed by atoms with van der Waals surface area (Å²) in [4.78, 5) is 17.0. The molecule has 0 fully saturated rings. The van der Waals surface area contributed by atoms with Gasteiger partial charge in [0.2, 0.25) is 0 Å². The molecule has 6 heteroatoms. The van der Waals surface area contributed by atoms with Gasteiger partial charge in [0.1, 0.15) is 19.3 Å². The normalized spacial score (nSPS) is 11.1. The molecule has 0 atom stereocenters. The number of aromatic nitrogens is 3. The lowest BCUT2D eigenvalue weighted by atomic mass is 9.92. The summed E-state index contributed by atoms with van der Waals surface area (Å²) in [6, 6.07) is 19.6. The van der Waals surface area contributed by atoms with Crippen molar-refractivity contribution in [2.24, 2.45) is 5.92 Å². The van der Waals surface area contributed by atoms with E-state index >= 15 is 0 Å². The molecule has 0 aliphatic carbocycles. The van der Waals surface area contributed by atoms with E-state index < -0.39 is 0 Å². The molecule has 0 aliphatic heterocycles. The van der Waals surface area contributed by atoms with Crippen molar-refractivity contribution in [1.82, 2.24) is 14.8 Å². The standard InChI is InChI=1S/C27H26ClN3O2/c1-18(2)10-20-6-4-5-7-25(20)21-11-19(3)12-22(13-21)27(32)33-15-23-14-24(28)8-9-26(23)31-17-29-16-30-31/h4-9,11-14,16-18H,10,15H2,1-3H3. The molecule has 0 N–H and O–H groups in total. The first kappa shape index (κ1) is 22.7. The SMILES string of the molecule is Cc1cc(C(=O)OCc2cc(Cl)ccc2-n2cncn2)cc(-c2ccccc2CC(C)C)c1. The fourth-order valence-electron chi connectivity index (χ4n) is 3.93. The van der Waals surface area contributed by atoms with E-state index in [1.807, 2.05) is 31.2 Å². The number of nitrogens with zero attached hydrogens (tertiary/aromatic N) is 3. The fraction of sp³-hybridized carbons (Fsp3) is 0.222. The summed E-state index contributed by atoms with van der Waals surface area (Å²) in [5.74, 6) is 0.156. The van der Waals surface area contributed by atoms with Crippen LogP contribution in [0.2, 0.25) is 5.02 Å². The number of rotatable bonds is 7. The molecular formula is C27H26ClN3O2. The maximum absolute atomic E-state index is 13.0. The summed E-state index contributed by atoms with van der Waals surface area (Å²) in [5, 5.41) is 4.73. The average Bonchev–Trinajstić information content (AvgIpc) is 3.32. The van der Waals surface area contributed by atoms with E-state index in [0.717, 1.165) is 34.4 Å². The van der Waals surface area contributed by atoms with E-state index in [9.17, 15) is 4.79 Å². The first-order chi connectivity index (χ1) is 15.9. The quantitative estimate of drug-likeness (QED) is 0.298. The zero-order valence-electron chi connectivity index (χ0n) is 19.0. The van der Waals surface area contributed by atoms with E-state index in [1.54, 1.807) is 23.1 Å². The lowest BCUT2D eigenvalue weighted by molar-refractivity contribution is 0.0472. The number of hydrogen-bond donors (Lipinski definition) is 0. The summed E-state index contributed by atoms with van der Waals surface area (Å²) >= 11 is 6.18. The highest BCUT2D eigenvalue weighted by Gasteiger charge is 2.15. The number of benzene rings is 3. The Labute approximate surface area is 199 Å². The molecule has 0 saturated heterocycles. The summed E-state index contributed by atoms with van der Waals surface area (Å²) in [6.07, 6.45) is 4.02. The molecule has 3 aromatic carbocycles. The number of aryl methyl sites for hydroxylation is 1. The first-order valence-electron chi connectivity index (χ1n) is 10.9. The predicted molar refractivity (Wildman–Crippen MR) is 131 cm³/mol. The zero-order valence-corrected chi connectivity index (χ0v) is 19.7. The Morgan fingerprint density at radius 1 is 1.06 bits per heavy atom. The van der Waals surface area contributed by atoms with Crippen LogP contribution in [0.4, 0.5) is 0 Å². The van der Waals surface area contributed by atoms with Crippen LogP contribution < -0.4 is 0 Å². The molecule has 5 nitrogen and oxygen atoms in total. The second-order valence-electron chi connectivity index (χ2n) is 8.53. The lowest BCUT2D eigenvalue weighted by Crippen LogP contribution is -2.08. The maximum atomic E-state index is 13.0. The minimum atomic E-state index is -0.384.